The van der Waals surface area contributed by atoms with Crippen LogP contribution in [0.4, 0.5) is 19.1 Å². The summed E-state index contributed by atoms with van der Waals surface area (Å²) in [5.41, 5.74) is -0.0401. The largest absolute Gasteiger partial charge is 0.507 e. The second kappa shape index (κ2) is 6.83. The molecule has 1 fully saturated rings. The molecule has 2 heterocycles. The van der Waals surface area contributed by atoms with Crippen molar-refractivity contribution in [1.82, 2.24) is 20.5 Å². The SMILES string of the molecule is Cc1nc(N[C@H]2CCCNC2)nnc1-c1ccc(C(F)(F)F)cc1O. The average molecular weight is 353 g/mol. The number of nitrogens with zero attached hydrogens (tertiary/aromatic N) is 3. The number of aromatic hydroxyl groups is 1. The lowest BCUT2D eigenvalue weighted by molar-refractivity contribution is -0.137. The Kier molecular flexibility index (Phi) is 4.76. The van der Waals surface area contributed by atoms with E-state index in [0.29, 0.717) is 17.7 Å². The Morgan fingerprint density at radius 1 is 1.28 bits per heavy atom. The molecule has 0 saturated carbocycles. The van der Waals surface area contributed by atoms with Crippen molar-refractivity contribution in [3.8, 4) is 17.0 Å². The third kappa shape index (κ3) is 3.98. The molecule has 1 aromatic carbocycles. The molecule has 1 aromatic heterocycles. The number of benzene rings is 1. The Morgan fingerprint density at radius 3 is 2.68 bits per heavy atom. The first-order valence-electron chi connectivity index (χ1n) is 7.94. The van der Waals surface area contributed by atoms with Gasteiger partial charge in [0.15, 0.2) is 0 Å². The molecule has 1 aliphatic heterocycles. The normalized spacial score (nSPS) is 18.2. The zero-order valence-electron chi connectivity index (χ0n) is 13.6. The van der Waals surface area contributed by atoms with Crippen LogP contribution in [0.5, 0.6) is 5.75 Å². The number of hydrogen-bond donors (Lipinski definition) is 3. The van der Waals surface area contributed by atoms with E-state index >= 15 is 0 Å². The highest BCUT2D eigenvalue weighted by Crippen LogP contribution is 2.36. The topological polar surface area (TPSA) is 83.0 Å². The van der Waals surface area contributed by atoms with Gasteiger partial charge in [0.2, 0.25) is 5.95 Å². The van der Waals surface area contributed by atoms with Crippen LogP contribution < -0.4 is 10.6 Å². The van der Waals surface area contributed by atoms with Gasteiger partial charge in [0.25, 0.3) is 0 Å². The minimum absolute atomic E-state index is 0.163. The molecule has 0 bridgehead atoms. The van der Waals surface area contributed by atoms with Gasteiger partial charge in [0, 0.05) is 18.2 Å². The third-order valence-corrected chi connectivity index (χ3v) is 4.07. The Bertz CT molecular complexity index is 760. The average Bonchev–Trinajstić information content (AvgIpc) is 2.56. The molecule has 1 aliphatic rings. The maximum Gasteiger partial charge on any atom is 0.416 e. The number of piperidine rings is 1. The number of phenols is 1. The molecule has 0 aliphatic carbocycles. The molecule has 134 valence electrons. The van der Waals surface area contributed by atoms with Gasteiger partial charge in [-0.05, 0) is 44.5 Å². The molecule has 0 spiro atoms. The molecule has 0 amide bonds. The van der Waals surface area contributed by atoms with Crippen LogP contribution in [0, 0.1) is 6.92 Å². The highest BCUT2D eigenvalue weighted by molar-refractivity contribution is 5.69. The van der Waals surface area contributed by atoms with Crippen molar-refractivity contribution in [3.63, 3.8) is 0 Å². The molecule has 2 aromatic rings. The number of phenolic OH excluding ortho intramolecular Hbond substituents is 1. The summed E-state index contributed by atoms with van der Waals surface area (Å²) in [5, 5.41) is 24.4. The van der Waals surface area contributed by atoms with E-state index in [-0.39, 0.29) is 17.3 Å². The van der Waals surface area contributed by atoms with Gasteiger partial charge in [-0.1, -0.05) is 0 Å². The van der Waals surface area contributed by atoms with E-state index in [0.717, 1.165) is 32.0 Å². The van der Waals surface area contributed by atoms with Gasteiger partial charge in [-0.3, -0.25) is 0 Å². The minimum Gasteiger partial charge on any atom is -0.507 e. The van der Waals surface area contributed by atoms with Crippen LogP contribution >= 0.6 is 0 Å². The number of nitrogens with one attached hydrogen (secondary N) is 2. The third-order valence-electron chi connectivity index (χ3n) is 4.07. The van der Waals surface area contributed by atoms with Crippen molar-refractivity contribution in [2.75, 3.05) is 18.4 Å². The maximum absolute atomic E-state index is 12.7. The molecular weight excluding hydrogens is 335 g/mol. The Morgan fingerprint density at radius 2 is 2.08 bits per heavy atom. The van der Waals surface area contributed by atoms with Crippen molar-refractivity contribution in [2.45, 2.75) is 32.0 Å². The monoisotopic (exact) mass is 353 g/mol. The predicted molar refractivity (Wildman–Crippen MR) is 86.2 cm³/mol. The van der Waals surface area contributed by atoms with Crippen molar-refractivity contribution in [3.05, 3.63) is 29.5 Å². The summed E-state index contributed by atoms with van der Waals surface area (Å²) >= 11 is 0. The number of rotatable bonds is 3. The summed E-state index contributed by atoms with van der Waals surface area (Å²) in [4.78, 5) is 4.31. The number of aryl methyl sites for hydroxylation is 1. The van der Waals surface area contributed by atoms with Gasteiger partial charge >= 0.3 is 6.18 Å². The predicted octanol–water partition coefficient (Wildman–Crippen LogP) is 2.74. The second-order valence-corrected chi connectivity index (χ2v) is 5.99. The molecule has 1 saturated heterocycles. The van der Waals surface area contributed by atoms with Crippen LogP contribution in [-0.4, -0.2) is 39.4 Å². The molecular formula is C16H18F3N5O. The summed E-state index contributed by atoms with van der Waals surface area (Å²) in [6, 6.07) is 2.96. The fourth-order valence-electron chi connectivity index (χ4n) is 2.78. The zero-order valence-corrected chi connectivity index (χ0v) is 13.6. The Balaban J connectivity index is 1.83. The molecule has 9 heteroatoms. The minimum atomic E-state index is -4.52. The molecule has 25 heavy (non-hydrogen) atoms. The van der Waals surface area contributed by atoms with E-state index in [2.05, 4.69) is 25.8 Å². The lowest BCUT2D eigenvalue weighted by Crippen LogP contribution is -2.38. The summed E-state index contributed by atoms with van der Waals surface area (Å²) in [5.74, 6) is -0.146. The van der Waals surface area contributed by atoms with E-state index < -0.39 is 17.5 Å². The number of aromatic nitrogens is 3. The quantitative estimate of drug-likeness (QED) is 0.787. The van der Waals surface area contributed by atoms with Crippen molar-refractivity contribution >= 4 is 5.95 Å². The van der Waals surface area contributed by atoms with Crippen molar-refractivity contribution in [2.24, 2.45) is 0 Å². The second-order valence-electron chi connectivity index (χ2n) is 5.99. The fraction of sp³-hybridized carbons (Fsp3) is 0.438. The Labute approximate surface area is 142 Å². The molecule has 6 nitrogen and oxygen atoms in total. The molecule has 1 atom stereocenters. The first kappa shape index (κ1) is 17.4. The maximum atomic E-state index is 12.7. The highest BCUT2D eigenvalue weighted by atomic mass is 19.4. The van der Waals surface area contributed by atoms with Crippen LogP contribution in [0.15, 0.2) is 18.2 Å². The summed E-state index contributed by atoms with van der Waals surface area (Å²) < 4.78 is 38.1. The molecule has 3 N–H and O–H groups in total. The summed E-state index contributed by atoms with van der Waals surface area (Å²) in [6.07, 6.45) is -2.46. The standard InChI is InChI=1S/C16H18F3N5O/c1-9-14(12-5-4-10(7-13(12)25)16(17,18)19)23-24-15(21-9)22-11-3-2-6-20-8-11/h4-5,7,11,20,25H,2-3,6,8H2,1H3,(H,21,22,24)/t11-/m0/s1. The smallest absolute Gasteiger partial charge is 0.416 e. The first-order valence-corrected chi connectivity index (χ1v) is 7.94. The van der Waals surface area contributed by atoms with Crippen LogP contribution in [-0.2, 0) is 6.18 Å². The van der Waals surface area contributed by atoms with E-state index in [9.17, 15) is 18.3 Å². The van der Waals surface area contributed by atoms with Crippen molar-refractivity contribution < 1.29 is 18.3 Å². The fourth-order valence-corrected chi connectivity index (χ4v) is 2.78. The number of hydrogen-bond acceptors (Lipinski definition) is 6. The van der Waals surface area contributed by atoms with Gasteiger partial charge in [-0.15, -0.1) is 10.2 Å². The van der Waals surface area contributed by atoms with Gasteiger partial charge in [0.1, 0.15) is 11.4 Å². The zero-order chi connectivity index (χ0) is 18.0. The summed E-state index contributed by atoms with van der Waals surface area (Å²) in [6.45, 7) is 3.47. The van der Waals surface area contributed by atoms with Crippen molar-refractivity contribution in [1.29, 1.82) is 0 Å². The van der Waals surface area contributed by atoms with Gasteiger partial charge in [-0.2, -0.15) is 13.2 Å². The first-order chi connectivity index (χ1) is 11.8. The van der Waals surface area contributed by atoms with Crippen LogP contribution in [0.3, 0.4) is 0 Å². The Hall–Kier alpha value is -2.42. The lowest BCUT2D eigenvalue weighted by Gasteiger charge is -2.23. The molecule has 0 radical (unpaired) electrons. The van der Waals surface area contributed by atoms with Crippen LogP contribution in [0.2, 0.25) is 0 Å². The highest BCUT2D eigenvalue weighted by Gasteiger charge is 2.31. The van der Waals surface area contributed by atoms with E-state index in [1.54, 1.807) is 6.92 Å². The lowest BCUT2D eigenvalue weighted by atomic mass is 10.1. The van der Waals surface area contributed by atoms with Gasteiger partial charge in [0.05, 0.1) is 11.3 Å². The van der Waals surface area contributed by atoms with Crippen LogP contribution in [0.1, 0.15) is 24.1 Å². The number of alkyl halides is 3. The van der Waals surface area contributed by atoms with Crippen LogP contribution in [0.25, 0.3) is 11.3 Å². The van der Waals surface area contributed by atoms with E-state index in [4.69, 9.17) is 0 Å². The van der Waals surface area contributed by atoms with E-state index in [1.165, 1.54) is 6.07 Å². The van der Waals surface area contributed by atoms with Gasteiger partial charge in [-0.25, -0.2) is 4.98 Å². The number of halogens is 3. The summed E-state index contributed by atoms with van der Waals surface area (Å²) in [7, 11) is 0. The molecule has 0 unspecified atom stereocenters. The number of anilines is 1. The van der Waals surface area contributed by atoms with E-state index in [1.807, 2.05) is 0 Å². The molecule has 3 rings (SSSR count). The van der Waals surface area contributed by atoms with Gasteiger partial charge < -0.3 is 15.7 Å².